The summed E-state index contributed by atoms with van der Waals surface area (Å²) in [5.41, 5.74) is 1.74. The Morgan fingerprint density at radius 2 is 2.12 bits per heavy atom. The number of furan rings is 1. The summed E-state index contributed by atoms with van der Waals surface area (Å²) in [4.78, 5) is 12.4. The molecule has 0 bridgehead atoms. The summed E-state index contributed by atoms with van der Waals surface area (Å²) in [6, 6.07) is 7.34. The van der Waals surface area contributed by atoms with Gasteiger partial charge in [-0.1, -0.05) is 25.5 Å². The monoisotopic (exact) mass is 332 g/mol. The molecular formula is C18H18F2N2O2. The van der Waals surface area contributed by atoms with Gasteiger partial charge in [-0.15, -0.1) is 0 Å². The highest BCUT2D eigenvalue weighted by molar-refractivity contribution is 5.97. The van der Waals surface area contributed by atoms with Crippen LogP contribution >= 0.6 is 0 Å². The van der Waals surface area contributed by atoms with Crippen LogP contribution in [0.25, 0.3) is 11.1 Å². The summed E-state index contributed by atoms with van der Waals surface area (Å²) in [7, 11) is 0. The van der Waals surface area contributed by atoms with Crippen molar-refractivity contribution in [3.05, 3.63) is 59.5 Å². The van der Waals surface area contributed by atoms with Crippen LogP contribution in [0.5, 0.6) is 0 Å². The van der Waals surface area contributed by atoms with E-state index < -0.39 is 11.6 Å². The third kappa shape index (κ3) is 3.04. The Kier molecular flexibility index (Phi) is 4.64. The normalized spacial score (nSPS) is 11.1. The Balaban J connectivity index is 1.96. The molecule has 0 saturated heterocycles. The first-order valence-corrected chi connectivity index (χ1v) is 7.89. The second kappa shape index (κ2) is 6.86. The average Bonchev–Trinajstić information content (AvgIpc) is 3.14. The molecule has 0 aliphatic carbocycles. The maximum absolute atomic E-state index is 14.0. The topological polar surface area (TPSA) is 47.2 Å². The second-order valence-electron chi connectivity index (χ2n) is 5.61. The van der Waals surface area contributed by atoms with E-state index >= 15 is 0 Å². The Hall–Kier alpha value is -2.63. The van der Waals surface area contributed by atoms with Crippen LogP contribution in [0, 0.1) is 11.6 Å². The fourth-order valence-corrected chi connectivity index (χ4v) is 2.65. The standard InChI is InChI=1S/C18H18F2N2O2/c1-2-3-8-21-18(23)15-10-16-14(7-9-24-16)22(15)11-12-5-4-6-13(19)17(12)20/h4-7,9-10H,2-3,8,11H2,1H3,(H,21,23). The van der Waals surface area contributed by atoms with Gasteiger partial charge in [0.05, 0.1) is 18.3 Å². The summed E-state index contributed by atoms with van der Waals surface area (Å²) >= 11 is 0. The molecule has 0 saturated carbocycles. The van der Waals surface area contributed by atoms with Crippen molar-refractivity contribution in [2.45, 2.75) is 26.3 Å². The quantitative estimate of drug-likeness (QED) is 0.691. The molecule has 0 aliphatic rings. The number of carbonyl (C=O) groups is 1. The van der Waals surface area contributed by atoms with Crippen molar-refractivity contribution in [2.75, 3.05) is 6.54 Å². The molecule has 0 radical (unpaired) electrons. The lowest BCUT2D eigenvalue weighted by atomic mass is 10.2. The second-order valence-corrected chi connectivity index (χ2v) is 5.61. The van der Waals surface area contributed by atoms with Crippen molar-refractivity contribution < 1.29 is 18.0 Å². The number of aromatic nitrogens is 1. The molecule has 2 aromatic heterocycles. The third-order valence-corrected chi connectivity index (χ3v) is 3.93. The van der Waals surface area contributed by atoms with Crippen molar-refractivity contribution in [3.8, 4) is 0 Å². The minimum Gasteiger partial charge on any atom is -0.463 e. The van der Waals surface area contributed by atoms with Crippen LogP contribution in [0.4, 0.5) is 8.78 Å². The summed E-state index contributed by atoms with van der Waals surface area (Å²) in [5, 5.41) is 2.83. The number of carbonyl (C=O) groups excluding carboxylic acids is 1. The van der Waals surface area contributed by atoms with Gasteiger partial charge < -0.3 is 14.3 Å². The van der Waals surface area contributed by atoms with Crippen LogP contribution < -0.4 is 5.32 Å². The zero-order valence-electron chi connectivity index (χ0n) is 13.3. The minimum atomic E-state index is -0.906. The highest BCUT2D eigenvalue weighted by Crippen LogP contribution is 2.23. The zero-order valence-corrected chi connectivity index (χ0v) is 13.3. The maximum Gasteiger partial charge on any atom is 0.268 e. The number of hydrogen-bond acceptors (Lipinski definition) is 2. The lowest BCUT2D eigenvalue weighted by molar-refractivity contribution is 0.0944. The minimum absolute atomic E-state index is 0.0448. The number of halogens is 2. The van der Waals surface area contributed by atoms with Gasteiger partial charge in [0.25, 0.3) is 5.91 Å². The first-order valence-electron chi connectivity index (χ1n) is 7.89. The van der Waals surface area contributed by atoms with Gasteiger partial charge in [0, 0.05) is 24.2 Å². The van der Waals surface area contributed by atoms with Gasteiger partial charge in [0.15, 0.2) is 17.2 Å². The van der Waals surface area contributed by atoms with Gasteiger partial charge in [0.2, 0.25) is 0 Å². The van der Waals surface area contributed by atoms with Crippen LogP contribution in [-0.4, -0.2) is 17.0 Å². The summed E-state index contributed by atoms with van der Waals surface area (Å²) in [5.74, 6) is -2.07. The average molecular weight is 332 g/mol. The van der Waals surface area contributed by atoms with Crippen molar-refractivity contribution in [1.82, 2.24) is 9.88 Å². The van der Waals surface area contributed by atoms with Gasteiger partial charge >= 0.3 is 0 Å². The molecule has 3 rings (SSSR count). The summed E-state index contributed by atoms with van der Waals surface area (Å²) in [6.07, 6.45) is 3.35. The number of rotatable bonds is 6. The smallest absolute Gasteiger partial charge is 0.268 e. The Morgan fingerprint density at radius 1 is 1.29 bits per heavy atom. The van der Waals surface area contributed by atoms with Crippen molar-refractivity contribution in [1.29, 1.82) is 0 Å². The molecule has 0 fully saturated rings. The number of fused-ring (bicyclic) bond motifs is 1. The van der Waals surface area contributed by atoms with Crippen LogP contribution in [0.1, 0.15) is 35.8 Å². The molecule has 1 amide bonds. The lowest BCUT2D eigenvalue weighted by Crippen LogP contribution is -2.27. The molecule has 1 aromatic carbocycles. The number of unbranched alkanes of at least 4 members (excludes halogenated alkanes) is 1. The molecule has 24 heavy (non-hydrogen) atoms. The molecule has 2 heterocycles. The van der Waals surface area contributed by atoms with E-state index in [1.165, 1.54) is 18.4 Å². The van der Waals surface area contributed by atoms with Crippen LogP contribution in [0.2, 0.25) is 0 Å². The van der Waals surface area contributed by atoms with E-state index in [-0.39, 0.29) is 18.0 Å². The van der Waals surface area contributed by atoms with Gasteiger partial charge in [-0.3, -0.25) is 4.79 Å². The van der Waals surface area contributed by atoms with Gasteiger partial charge in [-0.2, -0.15) is 0 Å². The molecule has 1 N–H and O–H groups in total. The van der Waals surface area contributed by atoms with E-state index in [4.69, 9.17) is 4.42 Å². The highest BCUT2D eigenvalue weighted by atomic mass is 19.2. The van der Waals surface area contributed by atoms with E-state index in [1.54, 1.807) is 16.7 Å². The lowest BCUT2D eigenvalue weighted by Gasteiger charge is -2.11. The predicted octanol–water partition coefficient (Wildman–Crippen LogP) is 4.09. The fraction of sp³-hybridized carbons (Fsp3) is 0.278. The molecule has 0 aliphatic heterocycles. The van der Waals surface area contributed by atoms with E-state index in [0.29, 0.717) is 23.3 Å². The predicted molar refractivity (Wildman–Crippen MR) is 86.9 cm³/mol. The molecule has 3 aromatic rings. The van der Waals surface area contributed by atoms with Gasteiger partial charge in [-0.25, -0.2) is 8.78 Å². The molecule has 6 heteroatoms. The van der Waals surface area contributed by atoms with E-state index in [1.807, 2.05) is 6.92 Å². The molecule has 126 valence electrons. The number of benzene rings is 1. The number of nitrogens with one attached hydrogen (secondary N) is 1. The Bertz CT molecular complexity index is 867. The SMILES string of the molecule is CCCCNC(=O)c1cc2occc2n1Cc1cccc(F)c1F. The summed E-state index contributed by atoms with van der Waals surface area (Å²) < 4.78 is 34.4. The van der Waals surface area contributed by atoms with Crippen LogP contribution in [0.3, 0.4) is 0 Å². The zero-order chi connectivity index (χ0) is 17.1. The molecular weight excluding hydrogens is 314 g/mol. The number of hydrogen-bond donors (Lipinski definition) is 1. The first-order chi connectivity index (χ1) is 11.6. The highest BCUT2D eigenvalue weighted by Gasteiger charge is 2.19. The number of amides is 1. The van der Waals surface area contributed by atoms with E-state index in [0.717, 1.165) is 18.9 Å². The van der Waals surface area contributed by atoms with Crippen molar-refractivity contribution in [2.24, 2.45) is 0 Å². The van der Waals surface area contributed by atoms with Crippen molar-refractivity contribution >= 4 is 17.0 Å². The molecule has 0 unspecified atom stereocenters. The maximum atomic E-state index is 14.0. The fourth-order valence-electron chi connectivity index (χ4n) is 2.65. The van der Waals surface area contributed by atoms with Gasteiger partial charge in [-0.05, 0) is 12.5 Å². The number of nitrogens with zero attached hydrogens (tertiary/aromatic N) is 1. The molecule has 4 nitrogen and oxygen atoms in total. The van der Waals surface area contributed by atoms with Crippen molar-refractivity contribution in [3.63, 3.8) is 0 Å². The first kappa shape index (κ1) is 16.2. The van der Waals surface area contributed by atoms with E-state index in [2.05, 4.69) is 5.32 Å². The van der Waals surface area contributed by atoms with Gasteiger partial charge in [0.1, 0.15) is 5.69 Å². The van der Waals surface area contributed by atoms with Crippen LogP contribution in [0.15, 0.2) is 41.0 Å². The van der Waals surface area contributed by atoms with E-state index in [9.17, 15) is 13.6 Å². The largest absolute Gasteiger partial charge is 0.463 e. The summed E-state index contributed by atoms with van der Waals surface area (Å²) in [6.45, 7) is 2.65. The van der Waals surface area contributed by atoms with Crippen LogP contribution in [-0.2, 0) is 6.54 Å². The molecule has 0 spiro atoms. The third-order valence-electron chi connectivity index (χ3n) is 3.93. The molecule has 0 atom stereocenters. The Labute approximate surface area is 138 Å². The Morgan fingerprint density at radius 3 is 2.92 bits per heavy atom.